The van der Waals surface area contributed by atoms with E-state index < -0.39 is 28.8 Å². The molecule has 0 spiro atoms. The minimum atomic E-state index is -1.14. The van der Waals surface area contributed by atoms with E-state index in [2.05, 4.69) is 15.9 Å². The Morgan fingerprint density at radius 2 is 2.20 bits per heavy atom. The molecular weight excluding hydrogens is 273 g/mol. The van der Waals surface area contributed by atoms with E-state index in [9.17, 15) is 19.3 Å². The molecule has 0 heterocycles. The SMILES string of the molecule is O=C(O)Cc1ccc([N+](=O)[O-])c(F)c1Br. The van der Waals surface area contributed by atoms with E-state index in [0.717, 1.165) is 6.07 Å². The second kappa shape index (κ2) is 4.35. The third-order valence-corrected chi connectivity index (χ3v) is 2.54. The van der Waals surface area contributed by atoms with Crippen LogP contribution >= 0.6 is 15.9 Å². The molecule has 0 unspecified atom stereocenters. The molecular formula is C8H5BrFNO4. The first-order valence-corrected chi connectivity index (χ1v) is 4.56. The molecule has 1 N–H and O–H groups in total. The van der Waals surface area contributed by atoms with E-state index in [1.54, 1.807) is 0 Å². The monoisotopic (exact) mass is 277 g/mol. The number of carbonyl (C=O) groups is 1. The molecule has 0 bridgehead atoms. The third-order valence-electron chi connectivity index (χ3n) is 1.68. The predicted molar refractivity (Wildman–Crippen MR) is 52.1 cm³/mol. The molecule has 0 aliphatic rings. The molecule has 0 aliphatic carbocycles. The summed E-state index contributed by atoms with van der Waals surface area (Å²) in [6.07, 6.45) is -0.393. The summed E-state index contributed by atoms with van der Waals surface area (Å²) in [5.74, 6) is -2.19. The lowest BCUT2D eigenvalue weighted by Crippen LogP contribution is -2.03. The zero-order chi connectivity index (χ0) is 11.6. The third kappa shape index (κ3) is 2.50. The van der Waals surface area contributed by atoms with Crippen molar-refractivity contribution < 1.29 is 19.2 Å². The predicted octanol–water partition coefficient (Wildman–Crippen LogP) is 2.12. The Balaban J connectivity index is 3.21. The Labute approximate surface area is 91.8 Å². The van der Waals surface area contributed by atoms with Crippen molar-refractivity contribution in [2.75, 3.05) is 0 Å². The molecule has 0 atom stereocenters. The van der Waals surface area contributed by atoms with Gasteiger partial charge < -0.3 is 5.11 Å². The molecule has 1 aromatic rings. The van der Waals surface area contributed by atoms with Crippen LogP contribution in [0.15, 0.2) is 16.6 Å². The largest absolute Gasteiger partial charge is 0.481 e. The number of rotatable bonds is 3. The number of nitro groups is 1. The molecule has 15 heavy (non-hydrogen) atoms. The van der Waals surface area contributed by atoms with Crippen LogP contribution in [0, 0.1) is 15.9 Å². The van der Waals surface area contributed by atoms with Gasteiger partial charge in [-0.05, 0) is 21.5 Å². The lowest BCUT2D eigenvalue weighted by molar-refractivity contribution is -0.387. The van der Waals surface area contributed by atoms with Gasteiger partial charge in [0.1, 0.15) is 0 Å². The number of nitro benzene ring substituents is 1. The maximum absolute atomic E-state index is 13.3. The molecule has 0 saturated carbocycles. The Kier molecular flexibility index (Phi) is 3.35. The minimum absolute atomic E-state index is 0.158. The number of carboxylic acid groups (broad SMARTS) is 1. The molecule has 0 fully saturated rings. The highest BCUT2D eigenvalue weighted by Gasteiger charge is 2.20. The topological polar surface area (TPSA) is 80.4 Å². The smallest absolute Gasteiger partial charge is 0.307 e. The number of hydrogen-bond acceptors (Lipinski definition) is 3. The van der Waals surface area contributed by atoms with Crippen LogP contribution in [0.25, 0.3) is 0 Å². The van der Waals surface area contributed by atoms with Gasteiger partial charge in [0.05, 0.1) is 15.8 Å². The van der Waals surface area contributed by atoms with E-state index in [4.69, 9.17) is 5.11 Å². The Morgan fingerprint density at radius 3 is 2.67 bits per heavy atom. The number of aliphatic carboxylic acids is 1. The lowest BCUT2D eigenvalue weighted by atomic mass is 10.1. The molecule has 0 saturated heterocycles. The summed E-state index contributed by atoms with van der Waals surface area (Å²) in [5, 5.41) is 18.8. The number of benzene rings is 1. The number of hydrogen-bond donors (Lipinski definition) is 1. The van der Waals surface area contributed by atoms with Gasteiger partial charge in [-0.2, -0.15) is 4.39 Å². The van der Waals surface area contributed by atoms with Crippen LogP contribution in [0.5, 0.6) is 0 Å². The molecule has 1 rings (SSSR count). The molecule has 0 radical (unpaired) electrons. The van der Waals surface area contributed by atoms with Crippen molar-refractivity contribution in [3.8, 4) is 0 Å². The zero-order valence-electron chi connectivity index (χ0n) is 7.24. The van der Waals surface area contributed by atoms with Crippen LogP contribution in [-0.2, 0) is 11.2 Å². The number of carboxylic acids is 1. The van der Waals surface area contributed by atoms with Crippen molar-refractivity contribution in [1.82, 2.24) is 0 Å². The summed E-state index contributed by atoms with van der Waals surface area (Å²) in [5.41, 5.74) is -0.526. The van der Waals surface area contributed by atoms with Crippen molar-refractivity contribution in [1.29, 1.82) is 0 Å². The Bertz CT molecular complexity index is 435. The molecule has 0 amide bonds. The van der Waals surface area contributed by atoms with Crippen LogP contribution in [0.1, 0.15) is 5.56 Å². The molecule has 0 aliphatic heterocycles. The standard InChI is InChI=1S/C8H5BrFNO4/c9-7-4(3-6(12)13)1-2-5(8(7)10)11(14)15/h1-2H,3H2,(H,12,13). The highest BCUT2D eigenvalue weighted by atomic mass is 79.9. The van der Waals surface area contributed by atoms with E-state index in [1.165, 1.54) is 6.07 Å². The van der Waals surface area contributed by atoms with E-state index in [-0.39, 0.29) is 10.0 Å². The molecule has 80 valence electrons. The van der Waals surface area contributed by atoms with Crippen molar-refractivity contribution >= 4 is 27.6 Å². The highest BCUT2D eigenvalue weighted by molar-refractivity contribution is 9.10. The second-order valence-corrected chi connectivity index (χ2v) is 3.49. The normalized spacial score (nSPS) is 10.0. The van der Waals surface area contributed by atoms with Gasteiger partial charge in [0.25, 0.3) is 0 Å². The van der Waals surface area contributed by atoms with Crippen molar-refractivity contribution in [2.24, 2.45) is 0 Å². The summed E-state index contributed by atoms with van der Waals surface area (Å²) in [6.45, 7) is 0. The second-order valence-electron chi connectivity index (χ2n) is 2.70. The fourth-order valence-corrected chi connectivity index (χ4v) is 1.50. The average Bonchev–Trinajstić information content (AvgIpc) is 2.12. The number of nitrogens with zero attached hydrogens (tertiary/aromatic N) is 1. The van der Waals surface area contributed by atoms with Gasteiger partial charge in [0, 0.05) is 6.07 Å². The van der Waals surface area contributed by atoms with E-state index in [0.29, 0.717) is 0 Å². The minimum Gasteiger partial charge on any atom is -0.481 e. The summed E-state index contributed by atoms with van der Waals surface area (Å²) < 4.78 is 13.1. The fraction of sp³-hybridized carbons (Fsp3) is 0.125. The first-order chi connectivity index (χ1) is 6.93. The Morgan fingerprint density at radius 1 is 1.60 bits per heavy atom. The molecule has 0 aromatic heterocycles. The van der Waals surface area contributed by atoms with Gasteiger partial charge in [-0.25, -0.2) is 0 Å². The van der Waals surface area contributed by atoms with Gasteiger partial charge in [-0.15, -0.1) is 0 Å². The van der Waals surface area contributed by atoms with Crippen molar-refractivity contribution in [2.45, 2.75) is 6.42 Å². The van der Waals surface area contributed by atoms with Gasteiger partial charge >= 0.3 is 11.7 Å². The Hall–Kier alpha value is -1.50. The van der Waals surface area contributed by atoms with E-state index >= 15 is 0 Å². The fourth-order valence-electron chi connectivity index (χ4n) is 1.02. The maximum Gasteiger partial charge on any atom is 0.307 e. The first kappa shape index (κ1) is 11.6. The van der Waals surface area contributed by atoms with Crippen LogP contribution in [0.2, 0.25) is 0 Å². The first-order valence-electron chi connectivity index (χ1n) is 3.76. The summed E-state index contributed by atoms with van der Waals surface area (Å²) in [7, 11) is 0. The average molecular weight is 278 g/mol. The number of halogens is 2. The molecule has 7 heteroatoms. The quantitative estimate of drug-likeness (QED) is 0.678. The van der Waals surface area contributed by atoms with Gasteiger partial charge in [0.2, 0.25) is 5.82 Å². The van der Waals surface area contributed by atoms with Gasteiger partial charge in [-0.1, -0.05) is 6.07 Å². The highest BCUT2D eigenvalue weighted by Crippen LogP contribution is 2.28. The van der Waals surface area contributed by atoms with Crippen LogP contribution in [0.3, 0.4) is 0 Å². The van der Waals surface area contributed by atoms with Crippen molar-refractivity contribution in [3.63, 3.8) is 0 Å². The van der Waals surface area contributed by atoms with E-state index in [1.807, 2.05) is 0 Å². The van der Waals surface area contributed by atoms with Crippen LogP contribution < -0.4 is 0 Å². The maximum atomic E-state index is 13.3. The summed E-state index contributed by atoms with van der Waals surface area (Å²) >= 11 is 2.79. The zero-order valence-corrected chi connectivity index (χ0v) is 8.82. The van der Waals surface area contributed by atoms with Gasteiger partial charge in [0.15, 0.2) is 0 Å². The summed E-state index contributed by atoms with van der Waals surface area (Å²) in [4.78, 5) is 19.8. The van der Waals surface area contributed by atoms with Crippen LogP contribution in [-0.4, -0.2) is 16.0 Å². The summed E-state index contributed by atoms with van der Waals surface area (Å²) in [6, 6.07) is 2.15. The molecule has 1 aromatic carbocycles. The van der Waals surface area contributed by atoms with Gasteiger partial charge in [-0.3, -0.25) is 14.9 Å². The lowest BCUT2D eigenvalue weighted by Gasteiger charge is -2.02. The molecule has 5 nitrogen and oxygen atoms in total. The van der Waals surface area contributed by atoms with Crippen molar-refractivity contribution in [3.05, 3.63) is 38.1 Å². The van der Waals surface area contributed by atoms with Crippen LogP contribution in [0.4, 0.5) is 10.1 Å².